The molecule has 5 nitrogen and oxygen atoms in total. The molecule has 1 heterocycles. The molecule has 15 heavy (non-hydrogen) atoms. The molecule has 0 radical (unpaired) electrons. The van der Waals surface area contributed by atoms with Crippen molar-refractivity contribution in [2.75, 3.05) is 13.1 Å². The molecule has 0 unspecified atom stereocenters. The summed E-state index contributed by atoms with van der Waals surface area (Å²) in [6.07, 6.45) is 6.10. The molecule has 1 rings (SSSR count). The second-order valence-corrected chi connectivity index (χ2v) is 3.59. The molecule has 5 heteroatoms. The summed E-state index contributed by atoms with van der Waals surface area (Å²) in [5, 5.41) is 7.34. The number of nitrogens with two attached hydrogens (primary N) is 1. The van der Waals surface area contributed by atoms with Gasteiger partial charge in [-0.15, -0.1) is 0 Å². The number of aryl methyl sites for hydroxylation is 1. The maximum atomic E-state index is 10.4. The van der Waals surface area contributed by atoms with Gasteiger partial charge < -0.3 is 11.1 Å². The second kappa shape index (κ2) is 6.19. The monoisotopic (exact) mass is 210 g/mol. The maximum Gasteiger partial charge on any atom is 0.217 e. The molecule has 0 atom stereocenters. The summed E-state index contributed by atoms with van der Waals surface area (Å²) in [7, 11) is 1.91. The number of hydrogen-bond acceptors (Lipinski definition) is 3. The Morgan fingerprint density at radius 2 is 2.40 bits per heavy atom. The van der Waals surface area contributed by atoms with Gasteiger partial charge in [-0.05, 0) is 31.5 Å². The summed E-state index contributed by atoms with van der Waals surface area (Å²) in [6, 6.07) is 0. The van der Waals surface area contributed by atoms with E-state index in [-0.39, 0.29) is 5.91 Å². The van der Waals surface area contributed by atoms with Crippen molar-refractivity contribution in [2.24, 2.45) is 12.8 Å². The Kier molecular flexibility index (Phi) is 4.83. The number of aromatic nitrogens is 2. The van der Waals surface area contributed by atoms with Crippen LogP contribution in [0, 0.1) is 0 Å². The van der Waals surface area contributed by atoms with Crippen LogP contribution in [-0.2, 0) is 18.3 Å². The predicted molar refractivity (Wildman–Crippen MR) is 58.2 cm³/mol. The van der Waals surface area contributed by atoms with Gasteiger partial charge in [-0.2, -0.15) is 5.10 Å². The van der Waals surface area contributed by atoms with Crippen molar-refractivity contribution in [3.05, 3.63) is 18.0 Å². The van der Waals surface area contributed by atoms with Crippen LogP contribution in [0.15, 0.2) is 12.4 Å². The van der Waals surface area contributed by atoms with Gasteiger partial charge in [0.1, 0.15) is 0 Å². The molecule has 3 N–H and O–H groups in total. The minimum absolute atomic E-state index is 0.232. The second-order valence-electron chi connectivity index (χ2n) is 3.59. The van der Waals surface area contributed by atoms with Crippen molar-refractivity contribution in [1.82, 2.24) is 15.1 Å². The third-order valence-corrected chi connectivity index (χ3v) is 2.13. The van der Waals surface area contributed by atoms with Crippen molar-refractivity contribution >= 4 is 5.91 Å². The molecule has 84 valence electrons. The standard InChI is InChI=1S/C10H18N4O/c1-14-8-9(7-13-14)4-6-12-5-2-3-10(11)15/h7-8,12H,2-6H2,1H3,(H2,11,15). The Balaban J connectivity index is 2.00. The van der Waals surface area contributed by atoms with E-state index < -0.39 is 0 Å². The minimum atomic E-state index is -0.232. The number of hydrogen-bond donors (Lipinski definition) is 2. The third-order valence-electron chi connectivity index (χ3n) is 2.13. The fourth-order valence-corrected chi connectivity index (χ4v) is 1.35. The first-order valence-corrected chi connectivity index (χ1v) is 5.15. The van der Waals surface area contributed by atoms with E-state index in [0.29, 0.717) is 6.42 Å². The molecule has 1 amide bonds. The average molecular weight is 210 g/mol. The zero-order valence-corrected chi connectivity index (χ0v) is 9.07. The van der Waals surface area contributed by atoms with E-state index in [1.165, 1.54) is 5.56 Å². The molecule has 0 aromatic carbocycles. The molecule has 0 aliphatic heterocycles. The quantitative estimate of drug-likeness (QED) is 0.613. The van der Waals surface area contributed by atoms with E-state index in [2.05, 4.69) is 10.4 Å². The smallest absolute Gasteiger partial charge is 0.217 e. The van der Waals surface area contributed by atoms with Gasteiger partial charge in [-0.3, -0.25) is 9.48 Å². The normalized spacial score (nSPS) is 10.5. The zero-order valence-electron chi connectivity index (χ0n) is 9.07. The molecule has 0 aliphatic rings. The molecule has 0 spiro atoms. The van der Waals surface area contributed by atoms with Gasteiger partial charge in [0.2, 0.25) is 5.91 Å². The molecule has 0 fully saturated rings. The predicted octanol–water partition coefficient (Wildman–Crippen LogP) is -0.182. The first kappa shape index (κ1) is 11.7. The molecule has 1 aromatic heterocycles. The number of carbonyl (C=O) groups is 1. The lowest BCUT2D eigenvalue weighted by molar-refractivity contribution is -0.118. The van der Waals surface area contributed by atoms with Gasteiger partial charge in [0.05, 0.1) is 6.20 Å². The summed E-state index contributed by atoms with van der Waals surface area (Å²) in [5.41, 5.74) is 6.25. The Labute approximate surface area is 89.6 Å². The van der Waals surface area contributed by atoms with E-state index >= 15 is 0 Å². The van der Waals surface area contributed by atoms with Crippen molar-refractivity contribution in [2.45, 2.75) is 19.3 Å². The molecule has 0 bridgehead atoms. The van der Waals surface area contributed by atoms with E-state index in [1.54, 1.807) is 4.68 Å². The molecule has 0 saturated carbocycles. The zero-order chi connectivity index (χ0) is 11.1. The largest absolute Gasteiger partial charge is 0.370 e. The average Bonchev–Trinajstić information content (AvgIpc) is 2.57. The lowest BCUT2D eigenvalue weighted by Gasteiger charge is -2.01. The Morgan fingerprint density at radius 3 is 3.00 bits per heavy atom. The number of carbonyl (C=O) groups excluding carboxylic acids is 1. The van der Waals surface area contributed by atoms with Crippen LogP contribution in [0.2, 0.25) is 0 Å². The van der Waals surface area contributed by atoms with Crippen LogP contribution >= 0.6 is 0 Å². The van der Waals surface area contributed by atoms with Gasteiger partial charge in [-0.25, -0.2) is 0 Å². The van der Waals surface area contributed by atoms with E-state index in [9.17, 15) is 4.79 Å². The van der Waals surface area contributed by atoms with Gasteiger partial charge in [0.25, 0.3) is 0 Å². The van der Waals surface area contributed by atoms with Crippen LogP contribution in [0.1, 0.15) is 18.4 Å². The lowest BCUT2D eigenvalue weighted by Crippen LogP contribution is -2.20. The number of primary amides is 1. The Morgan fingerprint density at radius 1 is 1.60 bits per heavy atom. The van der Waals surface area contributed by atoms with E-state index in [1.807, 2.05) is 19.4 Å². The van der Waals surface area contributed by atoms with Gasteiger partial charge in [-0.1, -0.05) is 0 Å². The van der Waals surface area contributed by atoms with Crippen LogP contribution in [-0.4, -0.2) is 28.8 Å². The highest BCUT2D eigenvalue weighted by Gasteiger charge is 1.96. The van der Waals surface area contributed by atoms with Crippen molar-refractivity contribution < 1.29 is 4.79 Å². The van der Waals surface area contributed by atoms with Crippen LogP contribution in [0.3, 0.4) is 0 Å². The van der Waals surface area contributed by atoms with Crippen LogP contribution in [0.25, 0.3) is 0 Å². The number of rotatable bonds is 7. The van der Waals surface area contributed by atoms with Crippen LogP contribution < -0.4 is 11.1 Å². The molecule has 1 aromatic rings. The molecule has 0 aliphatic carbocycles. The summed E-state index contributed by atoms with van der Waals surface area (Å²) in [4.78, 5) is 10.4. The highest BCUT2D eigenvalue weighted by atomic mass is 16.1. The summed E-state index contributed by atoms with van der Waals surface area (Å²) >= 11 is 0. The van der Waals surface area contributed by atoms with Crippen LogP contribution in [0.4, 0.5) is 0 Å². The van der Waals surface area contributed by atoms with Gasteiger partial charge >= 0.3 is 0 Å². The minimum Gasteiger partial charge on any atom is -0.370 e. The highest BCUT2D eigenvalue weighted by Crippen LogP contribution is 1.96. The first-order valence-electron chi connectivity index (χ1n) is 5.15. The molecular weight excluding hydrogens is 192 g/mol. The van der Waals surface area contributed by atoms with Crippen LogP contribution in [0.5, 0.6) is 0 Å². The number of nitrogens with one attached hydrogen (secondary N) is 1. The molecule has 0 saturated heterocycles. The summed E-state index contributed by atoms with van der Waals surface area (Å²) < 4.78 is 1.79. The van der Waals surface area contributed by atoms with Crippen molar-refractivity contribution in [1.29, 1.82) is 0 Å². The lowest BCUT2D eigenvalue weighted by atomic mass is 10.2. The van der Waals surface area contributed by atoms with Crippen molar-refractivity contribution in [3.63, 3.8) is 0 Å². The number of nitrogens with zero attached hydrogens (tertiary/aromatic N) is 2. The Bertz CT molecular complexity index is 308. The number of amides is 1. The van der Waals surface area contributed by atoms with E-state index in [4.69, 9.17) is 5.73 Å². The first-order chi connectivity index (χ1) is 7.18. The Hall–Kier alpha value is -1.36. The highest BCUT2D eigenvalue weighted by molar-refractivity contribution is 5.73. The van der Waals surface area contributed by atoms with E-state index in [0.717, 1.165) is 25.9 Å². The fourth-order valence-electron chi connectivity index (χ4n) is 1.35. The topological polar surface area (TPSA) is 72.9 Å². The van der Waals surface area contributed by atoms with Gasteiger partial charge in [0, 0.05) is 19.7 Å². The third kappa shape index (κ3) is 5.17. The summed E-state index contributed by atoms with van der Waals surface area (Å²) in [6.45, 7) is 1.74. The van der Waals surface area contributed by atoms with Gasteiger partial charge in [0.15, 0.2) is 0 Å². The summed E-state index contributed by atoms with van der Waals surface area (Å²) in [5.74, 6) is -0.232. The SMILES string of the molecule is Cn1cc(CCNCCCC(N)=O)cn1. The maximum absolute atomic E-state index is 10.4. The fraction of sp³-hybridized carbons (Fsp3) is 0.600. The van der Waals surface area contributed by atoms with Crippen molar-refractivity contribution in [3.8, 4) is 0 Å². The molecular formula is C10H18N4O.